The van der Waals surface area contributed by atoms with Crippen LogP contribution in [0.15, 0.2) is 24.3 Å². The van der Waals surface area contributed by atoms with E-state index in [1.807, 2.05) is 13.0 Å². The number of piperidine rings is 1. The van der Waals surface area contributed by atoms with E-state index in [1.54, 1.807) is 0 Å². The summed E-state index contributed by atoms with van der Waals surface area (Å²) in [5, 5.41) is 4.56. The van der Waals surface area contributed by atoms with Gasteiger partial charge < -0.3 is 15.2 Å². The molecule has 1 aromatic carbocycles. The number of anilines is 1. The second-order valence-electron chi connectivity index (χ2n) is 6.71. The molecule has 2 N–H and O–H groups in total. The first-order valence-electron chi connectivity index (χ1n) is 8.75. The first kappa shape index (κ1) is 15.9. The van der Waals surface area contributed by atoms with E-state index in [0.29, 0.717) is 6.04 Å². The van der Waals surface area contributed by atoms with Gasteiger partial charge in [0.1, 0.15) is 6.04 Å². The maximum absolute atomic E-state index is 12.8. The Bertz CT molecular complexity index is 691. The van der Waals surface area contributed by atoms with Crippen LogP contribution in [0.1, 0.15) is 45.2 Å². The van der Waals surface area contributed by atoms with E-state index >= 15 is 0 Å². The number of H-pyrrole nitrogens is 1. The van der Waals surface area contributed by atoms with Gasteiger partial charge in [-0.25, -0.2) is 0 Å². The summed E-state index contributed by atoms with van der Waals surface area (Å²) in [7, 11) is 0. The van der Waals surface area contributed by atoms with Crippen LogP contribution in [0.4, 0.5) is 5.69 Å². The normalized spacial score (nSPS) is 19.8. The van der Waals surface area contributed by atoms with E-state index in [0.717, 1.165) is 42.7 Å². The molecule has 4 nitrogen and oxygen atoms in total. The number of rotatable bonds is 4. The summed E-state index contributed by atoms with van der Waals surface area (Å²) in [6, 6.07) is 8.56. The van der Waals surface area contributed by atoms with E-state index < -0.39 is 0 Å². The lowest BCUT2D eigenvalue weighted by Crippen LogP contribution is -2.49. The quantitative estimate of drug-likeness (QED) is 0.894. The summed E-state index contributed by atoms with van der Waals surface area (Å²) in [5.41, 5.74) is 3.29. The van der Waals surface area contributed by atoms with Crippen molar-refractivity contribution in [2.24, 2.45) is 0 Å². The molecule has 1 aliphatic heterocycles. The monoisotopic (exact) mass is 313 g/mol. The SMILES string of the molecule is CC[C@H]1CCCCN1C(=O)[C@H](C)Nc1ccc2[nH]c(C)cc2c1. The molecular weight excluding hydrogens is 286 g/mol. The van der Waals surface area contributed by atoms with Gasteiger partial charge >= 0.3 is 0 Å². The number of nitrogens with one attached hydrogen (secondary N) is 2. The zero-order valence-electron chi connectivity index (χ0n) is 14.4. The Morgan fingerprint density at radius 3 is 3.00 bits per heavy atom. The Hall–Kier alpha value is -1.97. The number of hydrogen-bond donors (Lipinski definition) is 2. The summed E-state index contributed by atoms with van der Waals surface area (Å²) >= 11 is 0. The molecule has 2 heterocycles. The molecule has 0 aliphatic carbocycles. The van der Waals surface area contributed by atoms with Crippen molar-refractivity contribution in [1.29, 1.82) is 0 Å². The van der Waals surface area contributed by atoms with Gasteiger partial charge in [-0.05, 0) is 63.8 Å². The molecule has 0 saturated carbocycles. The molecular formula is C19H27N3O. The number of amides is 1. The molecule has 2 aromatic rings. The van der Waals surface area contributed by atoms with E-state index in [-0.39, 0.29) is 11.9 Å². The molecule has 3 rings (SSSR count). The number of likely N-dealkylation sites (tertiary alicyclic amines) is 1. The van der Waals surface area contributed by atoms with Crippen molar-refractivity contribution >= 4 is 22.5 Å². The topological polar surface area (TPSA) is 48.1 Å². The highest BCUT2D eigenvalue weighted by Gasteiger charge is 2.28. The second-order valence-corrected chi connectivity index (χ2v) is 6.71. The summed E-state index contributed by atoms with van der Waals surface area (Å²) in [6.07, 6.45) is 4.56. The van der Waals surface area contributed by atoms with E-state index in [2.05, 4.69) is 47.2 Å². The summed E-state index contributed by atoms with van der Waals surface area (Å²) in [4.78, 5) is 18.2. The van der Waals surface area contributed by atoms with Gasteiger partial charge in [-0.2, -0.15) is 0 Å². The minimum absolute atomic E-state index is 0.195. The Morgan fingerprint density at radius 1 is 1.39 bits per heavy atom. The van der Waals surface area contributed by atoms with E-state index in [4.69, 9.17) is 0 Å². The van der Waals surface area contributed by atoms with E-state index in [1.165, 1.54) is 11.8 Å². The van der Waals surface area contributed by atoms with Crippen molar-refractivity contribution in [1.82, 2.24) is 9.88 Å². The molecule has 1 aliphatic rings. The second kappa shape index (κ2) is 6.65. The molecule has 2 atom stereocenters. The lowest BCUT2D eigenvalue weighted by Gasteiger charge is -2.37. The largest absolute Gasteiger partial charge is 0.374 e. The zero-order chi connectivity index (χ0) is 16.4. The lowest BCUT2D eigenvalue weighted by atomic mass is 9.99. The molecule has 0 radical (unpaired) electrons. The van der Waals surface area contributed by atoms with Crippen LogP contribution in [0, 0.1) is 6.92 Å². The molecule has 1 saturated heterocycles. The summed E-state index contributed by atoms with van der Waals surface area (Å²) in [5.74, 6) is 0.224. The predicted molar refractivity (Wildman–Crippen MR) is 95.8 cm³/mol. The third-order valence-electron chi connectivity index (χ3n) is 4.89. The van der Waals surface area contributed by atoms with Gasteiger partial charge in [0.2, 0.25) is 5.91 Å². The molecule has 1 aromatic heterocycles. The van der Waals surface area contributed by atoms with Gasteiger partial charge in [0.25, 0.3) is 0 Å². The first-order valence-corrected chi connectivity index (χ1v) is 8.75. The number of benzene rings is 1. The smallest absolute Gasteiger partial charge is 0.245 e. The van der Waals surface area contributed by atoms with Crippen molar-refractivity contribution in [2.75, 3.05) is 11.9 Å². The van der Waals surface area contributed by atoms with E-state index in [9.17, 15) is 4.79 Å². The predicted octanol–water partition coefficient (Wildman–Crippen LogP) is 4.07. The number of carbonyl (C=O) groups is 1. The van der Waals surface area contributed by atoms with Crippen molar-refractivity contribution < 1.29 is 4.79 Å². The maximum Gasteiger partial charge on any atom is 0.245 e. The molecule has 4 heteroatoms. The third kappa shape index (κ3) is 3.36. The van der Waals surface area contributed by atoms with Crippen LogP contribution in [0.25, 0.3) is 10.9 Å². The van der Waals surface area contributed by atoms with Gasteiger partial charge in [-0.15, -0.1) is 0 Å². The molecule has 0 spiro atoms. The maximum atomic E-state index is 12.8. The van der Waals surface area contributed by atoms with Crippen LogP contribution in [0.2, 0.25) is 0 Å². The Kier molecular flexibility index (Phi) is 4.60. The number of aromatic nitrogens is 1. The molecule has 1 amide bonds. The Morgan fingerprint density at radius 2 is 2.22 bits per heavy atom. The fourth-order valence-corrected chi connectivity index (χ4v) is 3.64. The van der Waals surface area contributed by atoms with Gasteiger partial charge in [0.05, 0.1) is 0 Å². The van der Waals surface area contributed by atoms with Crippen LogP contribution in [0.5, 0.6) is 0 Å². The van der Waals surface area contributed by atoms with Crippen LogP contribution >= 0.6 is 0 Å². The Labute approximate surface area is 138 Å². The number of hydrogen-bond acceptors (Lipinski definition) is 2. The number of aromatic amines is 1. The highest BCUT2D eigenvalue weighted by Crippen LogP contribution is 2.23. The average Bonchev–Trinajstić information content (AvgIpc) is 2.93. The Balaban J connectivity index is 1.71. The number of aryl methyl sites for hydroxylation is 1. The highest BCUT2D eigenvalue weighted by atomic mass is 16.2. The summed E-state index contributed by atoms with van der Waals surface area (Å²) < 4.78 is 0. The molecule has 23 heavy (non-hydrogen) atoms. The third-order valence-corrected chi connectivity index (χ3v) is 4.89. The lowest BCUT2D eigenvalue weighted by molar-refractivity contribution is -0.135. The minimum Gasteiger partial charge on any atom is -0.374 e. The standard InChI is InChI=1S/C19H27N3O/c1-4-17-7-5-6-10-22(17)19(23)14(3)21-16-8-9-18-15(12-16)11-13(2)20-18/h8-9,11-12,14,17,20-21H,4-7,10H2,1-3H3/t14-,17-/m0/s1. The van der Waals surface area contributed by atoms with Gasteiger partial charge in [-0.3, -0.25) is 4.79 Å². The fourth-order valence-electron chi connectivity index (χ4n) is 3.64. The highest BCUT2D eigenvalue weighted by molar-refractivity contribution is 5.87. The minimum atomic E-state index is -0.195. The fraction of sp³-hybridized carbons (Fsp3) is 0.526. The number of nitrogens with zero attached hydrogens (tertiary/aromatic N) is 1. The van der Waals surface area contributed by atoms with Crippen molar-refractivity contribution in [3.05, 3.63) is 30.0 Å². The molecule has 124 valence electrons. The van der Waals surface area contributed by atoms with Crippen molar-refractivity contribution in [3.63, 3.8) is 0 Å². The molecule has 1 fully saturated rings. The van der Waals surface area contributed by atoms with Crippen molar-refractivity contribution in [2.45, 2.75) is 58.5 Å². The summed E-state index contributed by atoms with van der Waals surface area (Å²) in [6.45, 7) is 7.10. The van der Waals surface area contributed by atoms with Crippen molar-refractivity contribution in [3.8, 4) is 0 Å². The number of fused-ring (bicyclic) bond motifs is 1. The molecule has 0 unspecified atom stereocenters. The van der Waals surface area contributed by atoms with Gasteiger partial charge in [-0.1, -0.05) is 6.92 Å². The zero-order valence-corrected chi connectivity index (χ0v) is 14.4. The average molecular weight is 313 g/mol. The number of carbonyl (C=O) groups excluding carboxylic acids is 1. The van der Waals surface area contributed by atoms with Gasteiger partial charge in [0, 0.05) is 34.9 Å². The molecule has 0 bridgehead atoms. The van der Waals surface area contributed by atoms with Crippen LogP contribution < -0.4 is 5.32 Å². The first-order chi connectivity index (χ1) is 11.1. The van der Waals surface area contributed by atoms with Crippen LogP contribution in [0.3, 0.4) is 0 Å². The van der Waals surface area contributed by atoms with Gasteiger partial charge in [0.15, 0.2) is 0 Å². The van der Waals surface area contributed by atoms with Crippen LogP contribution in [-0.4, -0.2) is 34.4 Å². The van der Waals surface area contributed by atoms with Crippen LogP contribution in [-0.2, 0) is 4.79 Å².